The van der Waals surface area contributed by atoms with Crippen LogP contribution < -0.4 is 11.1 Å². The molecule has 0 amide bonds. The summed E-state index contributed by atoms with van der Waals surface area (Å²) in [5.41, 5.74) is 5.68. The molecular formula is C12H14F3N3O2S. The molecule has 0 unspecified atom stereocenters. The Kier molecular flexibility index (Phi) is 5.84. The molecule has 0 fully saturated rings. The third-order valence-corrected chi connectivity index (χ3v) is 3.52. The van der Waals surface area contributed by atoms with Crippen molar-refractivity contribution in [2.45, 2.75) is 25.9 Å². The zero-order valence-electron chi connectivity index (χ0n) is 11.2. The molecule has 0 aliphatic carbocycles. The van der Waals surface area contributed by atoms with E-state index in [1.54, 1.807) is 6.92 Å². The van der Waals surface area contributed by atoms with Gasteiger partial charge in [-0.25, -0.2) is 4.79 Å². The highest BCUT2D eigenvalue weighted by atomic mass is 32.1. The van der Waals surface area contributed by atoms with Gasteiger partial charge in [-0.15, -0.1) is 11.3 Å². The number of nitriles is 1. The first kappa shape index (κ1) is 17.1. The molecule has 0 aliphatic heterocycles. The number of hydrogen-bond donors (Lipinski definition) is 2. The topological polar surface area (TPSA) is 88.1 Å². The third kappa shape index (κ3) is 4.82. The number of hydrogen-bond acceptors (Lipinski definition) is 6. The molecule has 0 bridgehead atoms. The molecule has 1 aromatic rings. The van der Waals surface area contributed by atoms with E-state index in [4.69, 9.17) is 15.7 Å². The van der Waals surface area contributed by atoms with Crippen LogP contribution in [-0.4, -0.2) is 25.3 Å². The number of ether oxygens (including phenoxy) is 1. The van der Waals surface area contributed by atoms with Crippen molar-refractivity contribution in [3.05, 3.63) is 10.4 Å². The van der Waals surface area contributed by atoms with Crippen LogP contribution in [0.4, 0.5) is 23.9 Å². The summed E-state index contributed by atoms with van der Waals surface area (Å²) in [6.07, 6.45) is -5.30. The highest BCUT2D eigenvalue weighted by Gasteiger charge is 2.27. The van der Waals surface area contributed by atoms with Gasteiger partial charge in [0.05, 0.1) is 12.3 Å². The minimum absolute atomic E-state index is 0.00501. The van der Waals surface area contributed by atoms with E-state index in [-0.39, 0.29) is 40.7 Å². The van der Waals surface area contributed by atoms with Crippen molar-refractivity contribution in [3.8, 4) is 6.07 Å². The van der Waals surface area contributed by atoms with Crippen LogP contribution >= 0.6 is 11.3 Å². The van der Waals surface area contributed by atoms with E-state index in [1.165, 1.54) is 0 Å². The van der Waals surface area contributed by atoms with Gasteiger partial charge < -0.3 is 15.8 Å². The predicted octanol–water partition coefficient (Wildman–Crippen LogP) is 3.13. The number of thiophene rings is 1. The normalized spacial score (nSPS) is 11.0. The van der Waals surface area contributed by atoms with E-state index in [1.807, 2.05) is 6.07 Å². The molecule has 5 nitrogen and oxygen atoms in total. The average molecular weight is 321 g/mol. The van der Waals surface area contributed by atoms with Crippen molar-refractivity contribution in [2.75, 3.05) is 24.2 Å². The molecule has 0 atom stereocenters. The van der Waals surface area contributed by atoms with E-state index in [0.717, 1.165) is 11.3 Å². The van der Waals surface area contributed by atoms with E-state index >= 15 is 0 Å². The molecule has 0 saturated carbocycles. The van der Waals surface area contributed by atoms with Crippen molar-refractivity contribution in [3.63, 3.8) is 0 Å². The SMILES string of the molecule is CCOC(=O)c1c(NCCCC(F)(F)F)sc(C#N)c1N. The number of nitrogens with one attached hydrogen (secondary N) is 1. The third-order valence-electron chi connectivity index (χ3n) is 2.45. The lowest BCUT2D eigenvalue weighted by Crippen LogP contribution is -2.13. The highest BCUT2D eigenvalue weighted by molar-refractivity contribution is 7.17. The molecule has 0 radical (unpaired) electrons. The second-order valence-electron chi connectivity index (χ2n) is 4.03. The van der Waals surface area contributed by atoms with Crippen molar-refractivity contribution in [1.82, 2.24) is 0 Å². The number of alkyl halides is 3. The van der Waals surface area contributed by atoms with Crippen LogP contribution in [0.2, 0.25) is 0 Å². The monoisotopic (exact) mass is 321 g/mol. The molecule has 0 aromatic carbocycles. The summed E-state index contributed by atoms with van der Waals surface area (Å²) in [6, 6.07) is 1.83. The molecule has 116 valence electrons. The molecule has 1 aromatic heterocycles. The fraction of sp³-hybridized carbons (Fsp3) is 0.500. The summed E-state index contributed by atoms with van der Waals surface area (Å²) < 4.78 is 41.0. The van der Waals surface area contributed by atoms with Crippen molar-refractivity contribution < 1.29 is 22.7 Å². The first-order valence-electron chi connectivity index (χ1n) is 6.10. The number of anilines is 2. The lowest BCUT2D eigenvalue weighted by Gasteiger charge is -2.09. The minimum Gasteiger partial charge on any atom is -0.462 e. The Morgan fingerprint density at radius 2 is 2.19 bits per heavy atom. The van der Waals surface area contributed by atoms with Gasteiger partial charge in [0.25, 0.3) is 0 Å². The number of esters is 1. The second kappa shape index (κ2) is 7.17. The average Bonchev–Trinajstić information content (AvgIpc) is 2.70. The first-order chi connectivity index (χ1) is 9.80. The maximum absolute atomic E-state index is 12.0. The zero-order chi connectivity index (χ0) is 16.0. The Labute approximate surface area is 123 Å². The number of nitrogens with two attached hydrogens (primary N) is 1. The fourth-order valence-electron chi connectivity index (χ4n) is 1.55. The quantitative estimate of drug-likeness (QED) is 0.621. The number of carbonyl (C=O) groups is 1. The molecule has 9 heteroatoms. The predicted molar refractivity (Wildman–Crippen MR) is 73.2 cm³/mol. The second-order valence-corrected chi connectivity index (χ2v) is 5.05. The highest BCUT2D eigenvalue weighted by Crippen LogP contribution is 2.36. The number of nitrogen functional groups attached to an aromatic ring is 1. The smallest absolute Gasteiger partial charge is 0.389 e. The number of nitrogens with zero attached hydrogens (tertiary/aromatic N) is 1. The van der Waals surface area contributed by atoms with Gasteiger partial charge in [0.2, 0.25) is 0 Å². The Balaban J connectivity index is 2.81. The summed E-state index contributed by atoms with van der Waals surface area (Å²) in [4.78, 5) is 11.9. The Morgan fingerprint density at radius 1 is 1.52 bits per heavy atom. The van der Waals surface area contributed by atoms with Crippen molar-refractivity contribution >= 4 is 28.0 Å². The molecule has 0 spiro atoms. The molecule has 0 aliphatic rings. The first-order valence-corrected chi connectivity index (χ1v) is 6.92. The van der Waals surface area contributed by atoms with Gasteiger partial charge >= 0.3 is 12.1 Å². The van der Waals surface area contributed by atoms with Crippen LogP contribution in [0, 0.1) is 11.3 Å². The van der Waals surface area contributed by atoms with E-state index in [9.17, 15) is 18.0 Å². The Hall–Kier alpha value is -1.95. The maximum atomic E-state index is 12.0. The molecule has 21 heavy (non-hydrogen) atoms. The largest absolute Gasteiger partial charge is 0.462 e. The summed E-state index contributed by atoms with van der Waals surface area (Å²) in [6.45, 7) is 1.75. The molecule has 1 rings (SSSR count). The minimum atomic E-state index is -4.22. The van der Waals surface area contributed by atoms with Gasteiger partial charge in [-0.1, -0.05) is 0 Å². The maximum Gasteiger partial charge on any atom is 0.389 e. The zero-order valence-corrected chi connectivity index (χ0v) is 12.0. The number of halogens is 3. The number of carbonyl (C=O) groups excluding carboxylic acids is 1. The van der Waals surface area contributed by atoms with Crippen molar-refractivity contribution in [2.24, 2.45) is 0 Å². The summed E-state index contributed by atoms with van der Waals surface area (Å²) in [7, 11) is 0. The fourth-order valence-corrected chi connectivity index (χ4v) is 2.48. The van der Waals surface area contributed by atoms with Gasteiger partial charge in [-0.3, -0.25) is 0 Å². The van der Waals surface area contributed by atoms with Gasteiger partial charge in [-0.05, 0) is 13.3 Å². The van der Waals surface area contributed by atoms with Gasteiger partial charge in [-0.2, -0.15) is 18.4 Å². The van der Waals surface area contributed by atoms with Crippen LogP contribution in [0.3, 0.4) is 0 Å². The van der Waals surface area contributed by atoms with E-state index in [0.29, 0.717) is 0 Å². The van der Waals surface area contributed by atoms with E-state index in [2.05, 4.69) is 5.32 Å². The van der Waals surface area contributed by atoms with Crippen LogP contribution in [0.5, 0.6) is 0 Å². The summed E-state index contributed by atoms with van der Waals surface area (Å²) >= 11 is 0.919. The Morgan fingerprint density at radius 3 is 2.71 bits per heavy atom. The standard InChI is InChI=1S/C12H14F3N3O2S/c1-2-20-11(19)8-9(17)7(6-16)21-10(8)18-5-3-4-12(13,14)15/h18H,2-5,17H2,1H3. The van der Waals surface area contributed by atoms with Crippen LogP contribution in [0.25, 0.3) is 0 Å². The van der Waals surface area contributed by atoms with Crippen LogP contribution in [0.1, 0.15) is 35.0 Å². The van der Waals surface area contributed by atoms with Crippen LogP contribution in [0.15, 0.2) is 0 Å². The van der Waals surface area contributed by atoms with Gasteiger partial charge in [0.1, 0.15) is 21.5 Å². The molecular weight excluding hydrogens is 307 g/mol. The van der Waals surface area contributed by atoms with Crippen molar-refractivity contribution in [1.29, 1.82) is 5.26 Å². The Bertz CT molecular complexity index is 549. The lowest BCUT2D eigenvalue weighted by atomic mass is 10.2. The molecule has 1 heterocycles. The summed E-state index contributed by atoms with van der Waals surface area (Å²) in [5.74, 6) is -0.703. The van der Waals surface area contributed by atoms with Gasteiger partial charge in [0, 0.05) is 13.0 Å². The van der Waals surface area contributed by atoms with E-state index < -0.39 is 18.6 Å². The molecule has 3 N–H and O–H groups in total. The molecule has 0 saturated heterocycles. The lowest BCUT2D eigenvalue weighted by molar-refractivity contribution is -0.134. The number of rotatable bonds is 6. The summed E-state index contributed by atoms with van der Waals surface area (Å²) in [5, 5.41) is 11.9. The van der Waals surface area contributed by atoms with Crippen LogP contribution in [-0.2, 0) is 4.74 Å². The van der Waals surface area contributed by atoms with Gasteiger partial charge in [0.15, 0.2) is 0 Å².